The molecule has 1 aliphatic heterocycles. The number of para-hydroxylation sites is 1. The molecule has 0 amide bonds. The van der Waals surface area contributed by atoms with Gasteiger partial charge in [-0.25, -0.2) is 0 Å². The minimum absolute atomic E-state index is 0.0582. The van der Waals surface area contributed by atoms with E-state index in [1.165, 1.54) is 10.6 Å². The topological polar surface area (TPSA) is 14.2 Å². The van der Waals surface area contributed by atoms with E-state index in [-0.39, 0.29) is 11.6 Å². The second-order valence-corrected chi connectivity index (χ2v) is 4.54. The summed E-state index contributed by atoms with van der Waals surface area (Å²) in [4.78, 5) is 0. The monoisotopic (exact) mass is 255 g/mol. The van der Waals surface area contributed by atoms with Crippen LogP contribution in [0.4, 0.5) is 13.2 Å². The van der Waals surface area contributed by atoms with Gasteiger partial charge in [-0.05, 0) is 6.07 Å². The molecule has 0 saturated carbocycles. The van der Waals surface area contributed by atoms with E-state index in [2.05, 4.69) is 0 Å². The van der Waals surface area contributed by atoms with Gasteiger partial charge >= 0.3 is 6.18 Å². The van der Waals surface area contributed by atoms with Crippen molar-refractivity contribution in [3.05, 3.63) is 35.5 Å². The number of halogens is 3. The van der Waals surface area contributed by atoms with E-state index in [4.69, 9.17) is 4.74 Å². The van der Waals surface area contributed by atoms with Gasteiger partial charge < -0.3 is 9.30 Å². The number of hydrogen-bond acceptors (Lipinski definition) is 1. The van der Waals surface area contributed by atoms with Crippen molar-refractivity contribution in [1.29, 1.82) is 0 Å². The summed E-state index contributed by atoms with van der Waals surface area (Å²) in [6.45, 7) is 0.681. The molecule has 1 aromatic heterocycles. The molecule has 0 radical (unpaired) electrons. The molecule has 0 spiro atoms. The third-order valence-corrected chi connectivity index (χ3v) is 3.38. The molecule has 2 aromatic rings. The zero-order valence-electron chi connectivity index (χ0n) is 9.79. The largest absolute Gasteiger partial charge is 0.418 e. The summed E-state index contributed by atoms with van der Waals surface area (Å²) in [7, 11) is 1.64. The minimum atomic E-state index is -4.33. The number of alkyl halides is 3. The van der Waals surface area contributed by atoms with Gasteiger partial charge in [-0.15, -0.1) is 0 Å². The Morgan fingerprint density at radius 1 is 1.33 bits per heavy atom. The fraction of sp³-hybridized carbons (Fsp3) is 0.385. The molecule has 2 heterocycles. The Kier molecular flexibility index (Phi) is 2.41. The van der Waals surface area contributed by atoms with Gasteiger partial charge in [-0.3, -0.25) is 0 Å². The van der Waals surface area contributed by atoms with E-state index in [0.717, 1.165) is 18.1 Å². The Bertz CT molecular complexity index is 596. The summed E-state index contributed by atoms with van der Waals surface area (Å²) in [5.41, 5.74) is 0.494. The van der Waals surface area contributed by atoms with Crippen LogP contribution < -0.4 is 0 Å². The van der Waals surface area contributed by atoms with Crippen molar-refractivity contribution in [2.45, 2.75) is 18.7 Å². The number of hydrogen-bond donors (Lipinski definition) is 0. The number of benzene rings is 1. The van der Waals surface area contributed by atoms with Crippen molar-refractivity contribution < 1.29 is 17.9 Å². The van der Waals surface area contributed by atoms with Gasteiger partial charge in [0.2, 0.25) is 0 Å². The van der Waals surface area contributed by atoms with Gasteiger partial charge in [0.05, 0.1) is 23.8 Å². The molecule has 1 saturated heterocycles. The zero-order valence-corrected chi connectivity index (χ0v) is 9.79. The summed E-state index contributed by atoms with van der Waals surface area (Å²) < 4.78 is 45.8. The van der Waals surface area contributed by atoms with E-state index in [1.807, 2.05) is 0 Å². The molecular formula is C13H12F3NO. The molecule has 18 heavy (non-hydrogen) atoms. The van der Waals surface area contributed by atoms with Crippen molar-refractivity contribution in [3.63, 3.8) is 0 Å². The average Bonchev–Trinajstić information content (AvgIpc) is 2.53. The smallest absolute Gasteiger partial charge is 0.373 e. The summed E-state index contributed by atoms with van der Waals surface area (Å²) in [6, 6.07) is 4.29. The van der Waals surface area contributed by atoms with Crippen LogP contribution in [0, 0.1) is 0 Å². The van der Waals surface area contributed by atoms with Crippen LogP contribution in [0.15, 0.2) is 24.4 Å². The molecule has 1 atom stereocenters. The number of rotatable bonds is 1. The van der Waals surface area contributed by atoms with E-state index in [1.54, 1.807) is 19.3 Å². The van der Waals surface area contributed by atoms with Gasteiger partial charge in [-0.2, -0.15) is 13.2 Å². The summed E-state index contributed by atoms with van der Waals surface area (Å²) in [5.74, 6) is 0. The Balaban J connectivity index is 2.26. The Labute approximate surface area is 102 Å². The number of nitrogens with zero attached hydrogens (tertiary/aromatic N) is 1. The predicted octanol–water partition coefficient (Wildman–Crippen LogP) is 3.66. The lowest BCUT2D eigenvalue weighted by Gasteiger charge is -2.26. The first-order chi connectivity index (χ1) is 8.48. The van der Waals surface area contributed by atoms with Gasteiger partial charge in [0, 0.05) is 30.6 Å². The maximum absolute atomic E-state index is 13.0. The highest BCUT2D eigenvalue weighted by atomic mass is 19.4. The summed E-state index contributed by atoms with van der Waals surface area (Å²) in [6.07, 6.45) is -1.78. The molecule has 3 rings (SSSR count). The Morgan fingerprint density at radius 2 is 2.06 bits per heavy atom. The highest BCUT2D eigenvalue weighted by molar-refractivity contribution is 5.87. The number of aromatic nitrogens is 1. The summed E-state index contributed by atoms with van der Waals surface area (Å²) in [5, 5.41) is 0.636. The second kappa shape index (κ2) is 3.75. The average molecular weight is 255 g/mol. The van der Waals surface area contributed by atoms with Crippen LogP contribution in [-0.2, 0) is 18.0 Å². The number of fused-ring (bicyclic) bond motifs is 1. The van der Waals surface area contributed by atoms with Crippen molar-refractivity contribution in [1.82, 2.24) is 4.57 Å². The van der Waals surface area contributed by atoms with E-state index < -0.39 is 11.7 Å². The van der Waals surface area contributed by atoms with Crippen LogP contribution in [0.3, 0.4) is 0 Å². The van der Waals surface area contributed by atoms with Crippen LogP contribution in [0.25, 0.3) is 10.9 Å². The van der Waals surface area contributed by atoms with E-state index in [0.29, 0.717) is 12.0 Å². The fourth-order valence-electron chi connectivity index (χ4n) is 2.47. The standard InChI is InChI=1S/C13H12F3NO/c1-17-7-9(11-5-6-18-11)8-3-2-4-10(12(8)17)13(14,15)16/h2-4,7,11H,5-6H2,1H3. The number of aryl methyl sites for hydroxylation is 1. The molecule has 1 unspecified atom stereocenters. The molecule has 1 fully saturated rings. The van der Waals surface area contributed by atoms with Gasteiger partial charge in [0.1, 0.15) is 0 Å². The van der Waals surface area contributed by atoms with Crippen LogP contribution in [-0.4, -0.2) is 11.2 Å². The molecule has 96 valence electrons. The third kappa shape index (κ3) is 1.61. The lowest BCUT2D eigenvalue weighted by Crippen LogP contribution is -2.17. The van der Waals surface area contributed by atoms with Gasteiger partial charge in [0.25, 0.3) is 0 Å². The van der Waals surface area contributed by atoms with Gasteiger partial charge in [0.15, 0.2) is 0 Å². The van der Waals surface area contributed by atoms with Crippen LogP contribution in [0.5, 0.6) is 0 Å². The zero-order chi connectivity index (χ0) is 12.9. The quantitative estimate of drug-likeness (QED) is 0.758. The van der Waals surface area contributed by atoms with Crippen molar-refractivity contribution in [2.75, 3.05) is 6.61 Å². The normalized spacial score (nSPS) is 20.1. The fourth-order valence-corrected chi connectivity index (χ4v) is 2.47. The molecule has 0 bridgehead atoms. The maximum Gasteiger partial charge on any atom is 0.418 e. The Hall–Kier alpha value is -1.49. The van der Waals surface area contributed by atoms with Crippen LogP contribution >= 0.6 is 0 Å². The molecule has 1 aromatic carbocycles. The first kappa shape index (κ1) is 11.6. The van der Waals surface area contributed by atoms with E-state index in [9.17, 15) is 13.2 Å². The van der Waals surface area contributed by atoms with E-state index >= 15 is 0 Å². The highest BCUT2D eigenvalue weighted by Gasteiger charge is 2.35. The third-order valence-electron chi connectivity index (χ3n) is 3.38. The molecular weight excluding hydrogens is 243 g/mol. The first-order valence-corrected chi connectivity index (χ1v) is 5.75. The second-order valence-electron chi connectivity index (χ2n) is 4.54. The maximum atomic E-state index is 13.0. The summed E-state index contributed by atoms with van der Waals surface area (Å²) >= 11 is 0. The molecule has 0 N–H and O–H groups in total. The lowest BCUT2D eigenvalue weighted by molar-refractivity contribution is -0.136. The SMILES string of the molecule is Cn1cc(C2CCO2)c2cccc(C(F)(F)F)c21. The predicted molar refractivity (Wildman–Crippen MR) is 61.2 cm³/mol. The lowest BCUT2D eigenvalue weighted by atomic mass is 10.0. The van der Waals surface area contributed by atoms with Crippen molar-refractivity contribution >= 4 is 10.9 Å². The minimum Gasteiger partial charge on any atom is -0.373 e. The first-order valence-electron chi connectivity index (χ1n) is 5.75. The molecule has 0 aliphatic carbocycles. The van der Waals surface area contributed by atoms with Gasteiger partial charge in [-0.1, -0.05) is 12.1 Å². The highest BCUT2D eigenvalue weighted by Crippen LogP contribution is 2.40. The number of ether oxygens (including phenoxy) is 1. The van der Waals surface area contributed by atoms with Crippen LogP contribution in [0.2, 0.25) is 0 Å². The Morgan fingerprint density at radius 3 is 2.61 bits per heavy atom. The molecule has 2 nitrogen and oxygen atoms in total. The van der Waals surface area contributed by atoms with Crippen LogP contribution in [0.1, 0.15) is 23.7 Å². The van der Waals surface area contributed by atoms with Crippen molar-refractivity contribution in [3.8, 4) is 0 Å². The molecule has 5 heteroatoms. The van der Waals surface area contributed by atoms with Crippen molar-refractivity contribution in [2.24, 2.45) is 7.05 Å². The molecule has 1 aliphatic rings.